The van der Waals surface area contributed by atoms with Crippen LogP contribution in [-0.4, -0.2) is 47.5 Å². The zero-order chi connectivity index (χ0) is 23.3. The summed E-state index contributed by atoms with van der Waals surface area (Å²) in [6, 6.07) is 9.16. The summed E-state index contributed by atoms with van der Waals surface area (Å²) in [6.07, 6.45) is -0.00346. The molecule has 3 rings (SSSR count). The lowest BCUT2D eigenvalue weighted by Crippen LogP contribution is -2.27. The number of aromatic hydroxyl groups is 2. The molecule has 0 aliphatic carbocycles. The quantitative estimate of drug-likeness (QED) is 0.433. The van der Waals surface area contributed by atoms with Crippen LogP contribution < -0.4 is 10.1 Å². The lowest BCUT2D eigenvalue weighted by atomic mass is 9.98. The van der Waals surface area contributed by atoms with Gasteiger partial charge in [-0.1, -0.05) is 28.9 Å². The molecule has 2 aromatic carbocycles. The second-order valence-electron chi connectivity index (χ2n) is 6.60. The van der Waals surface area contributed by atoms with E-state index < -0.39 is 11.9 Å². The van der Waals surface area contributed by atoms with Gasteiger partial charge >= 0.3 is 5.97 Å². The molecule has 0 aliphatic heterocycles. The number of hydrogen-bond acceptors (Lipinski definition) is 8. The van der Waals surface area contributed by atoms with Crippen LogP contribution in [-0.2, 0) is 9.53 Å². The molecule has 10 heteroatoms. The first-order valence-electron chi connectivity index (χ1n) is 9.65. The van der Waals surface area contributed by atoms with Gasteiger partial charge in [-0.3, -0.25) is 9.59 Å². The topological polar surface area (TPSA) is 131 Å². The molecule has 0 spiro atoms. The highest BCUT2D eigenvalue weighted by atomic mass is 35.5. The molecule has 0 fully saturated rings. The summed E-state index contributed by atoms with van der Waals surface area (Å²) in [5.74, 6) is -0.970. The summed E-state index contributed by atoms with van der Waals surface area (Å²) in [6.45, 7) is 1.98. The van der Waals surface area contributed by atoms with E-state index in [0.717, 1.165) is 6.07 Å². The van der Waals surface area contributed by atoms with Gasteiger partial charge in [0.15, 0.2) is 11.5 Å². The molecule has 0 atom stereocenters. The maximum atomic E-state index is 12.8. The number of nitrogens with zero attached hydrogens (tertiary/aromatic N) is 1. The van der Waals surface area contributed by atoms with E-state index in [1.807, 2.05) is 0 Å². The number of amides is 1. The van der Waals surface area contributed by atoms with Crippen LogP contribution in [0.4, 0.5) is 0 Å². The number of ether oxygens (including phenoxy) is 2. The van der Waals surface area contributed by atoms with Crippen molar-refractivity contribution >= 4 is 23.5 Å². The predicted molar refractivity (Wildman–Crippen MR) is 116 cm³/mol. The molecule has 32 heavy (non-hydrogen) atoms. The first kappa shape index (κ1) is 23.0. The van der Waals surface area contributed by atoms with E-state index in [2.05, 4.69) is 10.5 Å². The highest BCUT2D eigenvalue weighted by Crippen LogP contribution is 2.43. The third-order valence-corrected chi connectivity index (χ3v) is 4.82. The number of esters is 1. The third kappa shape index (κ3) is 4.94. The van der Waals surface area contributed by atoms with Crippen LogP contribution in [0.15, 0.2) is 40.9 Å². The normalized spacial score (nSPS) is 10.6. The Kier molecular flexibility index (Phi) is 7.21. The molecular formula is C22H21ClN2O7. The Labute approximate surface area is 188 Å². The first-order chi connectivity index (χ1) is 15.3. The molecule has 168 valence electrons. The number of benzene rings is 2. The molecule has 3 N–H and O–H groups in total. The maximum Gasteiger partial charge on any atom is 0.307 e. The fourth-order valence-electron chi connectivity index (χ4n) is 2.98. The lowest BCUT2D eigenvalue weighted by Gasteiger charge is -2.09. The summed E-state index contributed by atoms with van der Waals surface area (Å²) in [5, 5.41) is 26.6. The van der Waals surface area contributed by atoms with Gasteiger partial charge < -0.3 is 29.5 Å². The molecule has 0 unspecified atom stereocenters. The number of halogens is 1. The van der Waals surface area contributed by atoms with Crippen LogP contribution in [0.25, 0.3) is 22.5 Å². The van der Waals surface area contributed by atoms with Crippen LogP contribution in [0.2, 0.25) is 5.02 Å². The second kappa shape index (κ2) is 10.1. The van der Waals surface area contributed by atoms with Gasteiger partial charge in [-0.05, 0) is 30.7 Å². The summed E-state index contributed by atoms with van der Waals surface area (Å²) >= 11 is 6.00. The SMILES string of the molecule is CCOC(=O)CCNC(=O)c1noc(-c2cc(Cl)c(O)cc2O)c1-c1ccc(OC)cc1. The van der Waals surface area contributed by atoms with Crippen molar-refractivity contribution in [2.45, 2.75) is 13.3 Å². The number of aromatic nitrogens is 1. The molecule has 3 aromatic rings. The van der Waals surface area contributed by atoms with E-state index in [9.17, 15) is 19.8 Å². The standard InChI is InChI=1S/C22H21ClN2O7/c1-3-31-18(28)8-9-24-22(29)20-19(12-4-6-13(30-2)7-5-12)21(32-25-20)14-10-15(23)17(27)11-16(14)26/h4-7,10-11,26-27H,3,8-9H2,1-2H3,(H,24,29). The van der Waals surface area contributed by atoms with Gasteiger partial charge in [-0.2, -0.15) is 0 Å². The fraction of sp³-hybridized carbons (Fsp3) is 0.227. The van der Waals surface area contributed by atoms with Crippen molar-refractivity contribution in [3.8, 4) is 39.7 Å². The number of hydrogen-bond donors (Lipinski definition) is 3. The fourth-order valence-corrected chi connectivity index (χ4v) is 3.15. The molecule has 1 aromatic heterocycles. The van der Waals surface area contributed by atoms with Gasteiger partial charge in [-0.25, -0.2) is 0 Å². The maximum absolute atomic E-state index is 12.8. The molecule has 0 aliphatic rings. The Balaban J connectivity index is 2.02. The van der Waals surface area contributed by atoms with Gasteiger partial charge in [0.05, 0.1) is 36.3 Å². The van der Waals surface area contributed by atoms with E-state index in [0.29, 0.717) is 16.9 Å². The van der Waals surface area contributed by atoms with Gasteiger partial charge in [-0.15, -0.1) is 0 Å². The van der Waals surface area contributed by atoms with E-state index >= 15 is 0 Å². The Morgan fingerprint density at radius 3 is 2.53 bits per heavy atom. The van der Waals surface area contributed by atoms with Crippen LogP contribution in [0, 0.1) is 0 Å². The zero-order valence-corrected chi connectivity index (χ0v) is 18.1. The molecule has 0 bridgehead atoms. The number of phenolic OH excluding ortho intramolecular Hbond substituents is 2. The Morgan fingerprint density at radius 2 is 1.88 bits per heavy atom. The predicted octanol–water partition coefficient (Wildman–Crippen LogP) is 3.76. The van der Waals surface area contributed by atoms with Gasteiger partial charge in [0, 0.05) is 12.6 Å². The Morgan fingerprint density at radius 1 is 1.16 bits per heavy atom. The van der Waals surface area contributed by atoms with E-state index in [4.69, 9.17) is 25.6 Å². The average Bonchev–Trinajstić information content (AvgIpc) is 3.21. The molecule has 1 amide bonds. The summed E-state index contributed by atoms with van der Waals surface area (Å²) in [5.41, 5.74) is 0.925. The van der Waals surface area contributed by atoms with Gasteiger partial charge in [0.25, 0.3) is 5.91 Å². The molecule has 1 heterocycles. The van der Waals surface area contributed by atoms with Crippen molar-refractivity contribution in [2.24, 2.45) is 0 Å². The zero-order valence-electron chi connectivity index (χ0n) is 17.3. The highest BCUT2D eigenvalue weighted by molar-refractivity contribution is 6.32. The summed E-state index contributed by atoms with van der Waals surface area (Å²) < 4.78 is 15.4. The number of carbonyl (C=O) groups is 2. The van der Waals surface area contributed by atoms with Crippen molar-refractivity contribution in [3.05, 3.63) is 47.1 Å². The minimum absolute atomic E-state index is 0.00346. The van der Waals surface area contributed by atoms with Gasteiger partial charge in [0.2, 0.25) is 0 Å². The van der Waals surface area contributed by atoms with E-state index in [1.54, 1.807) is 31.2 Å². The monoisotopic (exact) mass is 460 g/mol. The van der Waals surface area contributed by atoms with Crippen molar-refractivity contribution in [3.63, 3.8) is 0 Å². The number of nitrogens with one attached hydrogen (secondary N) is 1. The van der Waals surface area contributed by atoms with Crippen LogP contribution >= 0.6 is 11.6 Å². The molecule has 0 saturated carbocycles. The molecule has 9 nitrogen and oxygen atoms in total. The molecular weight excluding hydrogens is 440 g/mol. The highest BCUT2D eigenvalue weighted by Gasteiger charge is 2.26. The summed E-state index contributed by atoms with van der Waals surface area (Å²) in [7, 11) is 1.53. The minimum Gasteiger partial charge on any atom is -0.507 e. The average molecular weight is 461 g/mol. The molecule has 0 saturated heterocycles. The van der Waals surface area contributed by atoms with Crippen molar-refractivity contribution in [1.82, 2.24) is 10.5 Å². The number of methoxy groups -OCH3 is 1. The van der Waals surface area contributed by atoms with Crippen LogP contribution in [0.1, 0.15) is 23.8 Å². The number of carbonyl (C=O) groups excluding carboxylic acids is 2. The second-order valence-corrected chi connectivity index (χ2v) is 7.00. The number of phenols is 2. The number of rotatable bonds is 8. The van der Waals surface area contributed by atoms with Crippen molar-refractivity contribution in [1.29, 1.82) is 0 Å². The Hall–Kier alpha value is -3.72. The summed E-state index contributed by atoms with van der Waals surface area (Å²) in [4.78, 5) is 24.3. The largest absolute Gasteiger partial charge is 0.507 e. The van der Waals surface area contributed by atoms with Crippen LogP contribution in [0.3, 0.4) is 0 Å². The molecule has 0 radical (unpaired) electrons. The van der Waals surface area contributed by atoms with Gasteiger partial charge in [0.1, 0.15) is 17.2 Å². The third-order valence-electron chi connectivity index (χ3n) is 4.52. The first-order valence-corrected chi connectivity index (χ1v) is 10.0. The smallest absolute Gasteiger partial charge is 0.307 e. The van der Waals surface area contributed by atoms with Crippen LogP contribution in [0.5, 0.6) is 17.2 Å². The Bertz CT molecular complexity index is 1130. The van der Waals surface area contributed by atoms with E-state index in [1.165, 1.54) is 13.2 Å². The van der Waals surface area contributed by atoms with Crippen molar-refractivity contribution < 1.29 is 33.8 Å². The minimum atomic E-state index is -0.584. The van der Waals surface area contributed by atoms with E-state index in [-0.39, 0.29) is 53.1 Å². The lowest BCUT2D eigenvalue weighted by molar-refractivity contribution is -0.142. The van der Waals surface area contributed by atoms with Crippen molar-refractivity contribution in [2.75, 3.05) is 20.3 Å².